The van der Waals surface area contributed by atoms with E-state index in [2.05, 4.69) is 10.6 Å². The first-order chi connectivity index (χ1) is 11.1. The Bertz CT molecular complexity index is 879. The fourth-order valence-corrected chi connectivity index (χ4v) is 2.96. The van der Waals surface area contributed by atoms with Gasteiger partial charge in [-0.2, -0.15) is 0 Å². The number of carbonyl (C=O) groups is 2. The quantitative estimate of drug-likeness (QED) is 0.582. The Labute approximate surface area is 134 Å². The third-order valence-corrected chi connectivity index (χ3v) is 3.96. The maximum Gasteiger partial charge on any atom is 0.289 e. The lowest BCUT2D eigenvalue weighted by atomic mass is 10.0. The third kappa shape index (κ3) is 2.63. The molecule has 0 bridgehead atoms. The largest absolute Gasteiger partial charge is 0.363 e. The molecular formula is C19H17N2O2. The van der Waals surface area contributed by atoms with Crippen LogP contribution in [-0.2, 0) is 17.8 Å². The van der Waals surface area contributed by atoms with Crippen LogP contribution < -0.4 is 5.73 Å². The van der Waals surface area contributed by atoms with Crippen LogP contribution >= 0.6 is 0 Å². The van der Waals surface area contributed by atoms with Gasteiger partial charge in [0, 0.05) is 23.1 Å². The summed E-state index contributed by atoms with van der Waals surface area (Å²) in [6.07, 6.45) is 0.629. The highest BCUT2D eigenvalue weighted by Crippen LogP contribution is 2.28. The Kier molecular flexibility index (Phi) is 3.98. The fourth-order valence-electron chi connectivity index (χ4n) is 2.96. The average molecular weight is 305 g/mol. The Balaban J connectivity index is 2.25. The van der Waals surface area contributed by atoms with Crippen LogP contribution in [0.5, 0.6) is 0 Å². The second-order valence-corrected chi connectivity index (χ2v) is 5.37. The van der Waals surface area contributed by atoms with E-state index in [0.717, 1.165) is 16.8 Å². The van der Waals surface area contributed by atoms with Crippen molar-refractivity contribution >= 4 is 22.6 Å². The number of hydrogen-bond donors (Lipinski definition) is 1. The molecule has 4 nitrogen and oxygen atoms in total. The van der Waals surface area contributed by atoms with Crippen LogP contribution in [0, 0.1) is 6.07 Å². The monoisotopic (exact) mass is 305 g/mol. The minimum Gasteiger partial charge on any atom is -0.363 e. The summed E-state index contributed by atoms with van der Waals surface area (Å²) in [4.78, 5) is 23.7. The van der Waals surface area contributed by atoms with E-state index in [1.54, 1.807) is 6.07 Å². The zero-order valence-corrected chi connectivity index (χ0v) is 12.9. The maximum absolute atomic E-state index is 12.3. The van der Waals surface area contributed by atoms with E-state index in [0.29, 0.717) is 23.9 Å². The molecule has 1 radical (unpaired) electrons. The topological polar surface area (TPSA) is 65.1 Å². The molecule has 115 valence electrons. The van der Waals surface area contributed by atoms with Crippen molar-refractivity contribution in [2.24, 2.45) is 5.73 Å². The number of amides is 1. The number of benzene rings is 2. The van der Waals surface area contributed by atoms with Gasteiger partial charge in [-0.05, 0) is 24.1 Å². The van der Waals surface area contributed by atoms with Gasteiger partial charge in [0.05, 0.1) is 5.56 Å². The zero-order valence-electron chi connectivity index (χ0n) is 12.9. The fraction of sp³-hybridized carbons (Fsp3) is 0.158. The number of ketones is 1. The molecule has 0 aliphatic rings. The number of carbonyl (C=O) groups excluding carboxylic acids is 2. The molecule has 0 saturated heterocycles. The van der Waals surface area contributed by atoms with Crippen LogP contribution in [0.4, 0.5) is 0 Å². The van der Waals surface area contributed by atoms with Gasteiger partial charge in [-0.25, -0.2) is 0 Å². The van der Waals surface area contributed by atoms with Crippen LogP contribution in [0.3, 0.4) is 0 Å². The number of hydrogen-bond acceptors (Lipinski definition) is 2. The van der Waals surface area contributed by atoms with Crippen LogP contribution in [0.2, 0.25) is 0 Å². The van der Waals surface area contributed by atoms with E-state index in [9.17, 15) is 9.59 Å². The summed E-state index contributed by atoms with van der Waals surface area (Å²) in [5.41, 5.74) is 8.44. The van der Waals surface area contributed by atoms with Gasteiger partial charge < -0.3 is 10.3 Å². The van der Waals surface area contributed by atoms with Crippen LogP contribution in [-0.4, -0.2) is 16.3 Å². The maximum atomic E-state index is 12.3. The van der Waals surface area contributed by atoms with Gasteiger partial charge in [-0.3, -0.25) is 9.59 Å². The normalized spacial score (nSPS) is 10.8. The van der Waals surface area contributed by atoms with Crippen molar-refractivity contribution in [1.29, 1.82) is 0 Å². The van der Waals surface area contributed by atoms with Crippen molar-refractivity contribution in [3.63, 3.8) is 0 Å². The smallest absolute Gasteiger partial charge is 0.289 e. The molecule has 0 saturated carbocycles. The number of nitrogens with two attached hydrogens (primary N) is 1. The molecule has 1 amide bonds. The first kappa shape index (κ1) is 15.0. The standard InChI is InChI=1S/C19H17N2O2/c1-2-15-17(18(22)19(20)23)14-10-6-7-11-16(14)21(15)12-13-8-4-3-5-9-13/h3-9,11H,2,12H2,1H3,(H2,20,23). The van der Waals surface area contributed by atoms with E-state index in [4.69, 9.17) is 5.73 Å². The van der Waals surface area contributed by atoms with E-state index < -0.39 is 11.7 Å². The highest BCUT2D eigenvalue weighted by atomic mass is 16.2. The number of rotatable bonds is 5. The summed E-state index contributed by atoms with van der Waals surface area (Å²) in [6.45, 7) is 2.60. The van der Waals surface area contributed by atoms with Crippen molar-refractivity contribution in [3.8, 4) is 0 Å². The molecule has 1 heterocycles. The molecule has 3 rings (SSSR count). The average Bonchev–Trinajstić information content (AvgIpc) is 2.88. The summed E-state index contributed by atoms with van der Waals surface area (Å²) < 4.78 is 2.07. The van der Waals surface area contributed by atoms with Crippen molar-refractivity contribution in [2.75, 3.05) is 0 Å². The van der Waals surface area contributed by atoms with Gasteiger partial charge in [0.2, 0.25) is 0 Å². The highest BCUT2D eigenvalue weighted by molar-refractivity contribution is 6.44. The van der Waals surface area contributed by atoms with Crippen molar-refractivity contribution in [2.45, 2.75) is 19.9 Å². The first-order valence-electron chi connectivity index (χ1n) is 7.53. The second kappa shape index (κ2) is 6.08. The molecule has 0 unspecified atom stereocenters. The second-order valence-electron chi connectivity index (χ2n) is 5.37. The Hall–Kier alpha value is -2.88. The minimum atomic E-state index is -0.935. The molecule has 4 heteroatoms. The summed E-state index contributed by atoms with van der Waals surface area (Å²) >= 11 is 0. The molecule has 0 fully saturated rings. The summed E-state index contributed by atoms with van der Waals surface area (Å²) in [5.74, 6) is -1.59. The van der Waals surface area contributed by atoms with Crippen LogP contribution in [0.15, 0.2) is 48.5 Å². The lowest BCUT2D eigenvalue weighted by Crippen LogP contribution is -2.24. The lowest BCUT2D eigenvalue weighted by molar-refractivity contribution is -0.114. The predicted octanol–water partition coefficient (Wildman–Crippen LogP) is 2.72. The molecular weight excluding hydrogens is 288 g/mol. The van der Waals surface area contributed by atoms with Gasteiger partial charge in [0.25, 0.3) is 11.7 Å². The number of Topliss-reactive ketones (excluding diaryl/α,β-unsaturated/α-hetero) is 1. The SMILES string of the molecule is CCc1c(C(=O)C(N)=O)c2[c]cccc2n1Cc1ccccc1. The highest BCUT2D eigenvalue weighted by Gasteiger charge is 2.24. The molecule has 0 spiro atoms. The Morgan fingerprint density at radius 2 is 1.87 bits per heavy atom. The zero-order chi connectivity index (χ0) is 16.4. The van der Waals surface area contributed by atoms with Gasteiger partial charge in [-0.15, -0.1) is 0 Å². The molecule has 0 aliphatic heterocycles. The van der Waals surface area contributed by atoms with Gasteiger partial charge in [-0.1, -0.05) is 49.4 Å². The number of aromatic nitrogens is 1. The minimum absolute atomic E-state index is 0.381. The van der Waals surface area contributed by atoms with Crippen LogP contribution in [0.1, 0.15) is 28.5 Å². The molecule has 3 aromatic rings. The van der Waals surface area contributed by atoms with Crippen molar-refractivity contribution < 1.29 is 9.59 Å². The van der Waals surface area contributed by atoms with Gasteiger partial charge in [0.1, 0.15) is 0 Å². The Morgan fingerprint density at radius 3 is 2.52 bits per heavy atom. The number of nitrogens with zero attached hydrogens (tertiary/aromatic N) is 1. The summed E-state index contributed by atoms with van der Waals surface area (Å²) in [5, 5.41) is 0.657. The molecule has 0 aliphatic carbocycles. The van der Waals surface area contributed by atoms with E-state index in [1.165, 1.54) is 0 Å². The molecule has 1 aromatic heterocycles. The third-order valence-electron chi connectivity index (χ3n) is 3.96. The van der Waals surface area contributed by atoms with Crippen molar-refractivity contribution in [1.82, 2.24) is 4.57 Å². The molecule has 23 heavy (non-hydrogen) atoms. The number of primary amides is 1. The molecule has 2 N–H and O–H groups in total. The molecule has 0 atom stereocenters. The predicted molar refractivity (Wildman–Crippen MR) is 89.2 cm³/mol. The van der Waals surface area contributed by atoms with Crippen LogP contribution in [0.25, 0.3) is 10.9 Å². The van der Waals surface area contributed by atoms with E-state index >= 15 is 0 Å². The lowest BCUT2D eigenvalue weighted by Gasteiger charge is -2.10. The van der Waals surface area contributed by atoms with Gasteiger partial charge in [0.15, 0.2) is 0 Å². The number of fused-ring (bicyclic) bond motifs is 1. The van der Waals surface area contributed by atoms with Crippen molar-refractivity contribution in [3.05, 3.63) is 71.4 Å². The summed E-state index contributed by atoms with van der Waals surface area (Å²) in [7, 11) is 0. The molecule has 2 aromatic carbocycles. The van der Waals surface area contributed by atoms with E-state index in [1.807, 2.05) is 49.4 Å². The van der Waals surface area contributed by atoms with E-state index in [-0.39, 0.29) is 0 Å². The summed E-state index contributed by atoms with van der Waals surface area (Å²) in [6, 6.07) is 18.6. The first-order valence-corrected chi connectivity index (χ1v) is 7.53. The van der Waals surface area contributed by atoms with Gasteiger partial charge >= 0.3 is 0 Å². The Morgan fingerprint density at radius 1 is 1.13 bits per heavy atom.